The molecule has 0 saturated carbocycles. The van der Waals surface area contributed by atoms with Crippen molar-refractivity contribution in [3.05, 3.63) is 18.2 Å². The fraction of sp³-hybridized carbons (Fsp3) is 0.692. The zero-order valence-corrected chi connectivity index (χ0v) is 10.9. The Morgan fingerprint density at radius 2 is 2.33 bits per heavy atom. The minimum atomic E-state index is -0.0213. The quantitative estimate of drug-likeness (QED) is 0.773. The molecule has 2 rings (SSSR count). The summed E-state index contributed by atoms with van der Waals surface area (Å²) in [5.74, 6) is 0.498. The lowest BCUT2D eigenvalue weighted by molar-refractivity contribution is 0.0309. The van der Waals surface area contributed by atoms with E-state index >= 15 is 0 Å². The van der Waals surface area contributed by atoms with Crippen LogP contribution in [0.3, 0.4) is 0 Å². The first kappa shape index (κ1) is 13.2. The highest BCUT2D eigenvalue weighted by Gasteiger charge is 2.17. The van der Waals surface area contributed by atoms with Crippen LogP contribution in [0.1, 0.15) is 36.8 Å². The fourth-order valence-corrected chi connectivity index (χ4v) is 2.20. The van der Waals surface area contributed by atoms with Crippen molar-refractivity contribution in [1.82, 2.24) is 14.9 Å². The Morgan fingerprint density at radius 1 is 1.56 bits per heavy atom. The van der Waals surface area contributed by atoms with E-state index < -0.39 is 0 Å². The molecule has 0 aliphatic carbocycles. The summed E-state index contributed by atoms with van der Waals surface area (Å²) < 4.78 is 7.56. The Hall–Kier alpha value is -1.20. The Kier molecular flexibility index (Phi) is 4.90. The van der Waals surface area contributed by atoms with Gasteiger partial charge in [-0.05, 0) is 32.4 Å². The maximum Gasteiger partial charge on any atom is 0.223 e. The van der Waals surface area contributed by atoms with E-state index in [9.17, 15) is 4.79 Å². The zero-order valence-electron chi connectivity index (χ0n) is 10.9. The summed E-state index contributed by atoms with van der Waals surface area (Å²) in [7, 11) is 0. The van der Waals surface area contributed by atoms with Crippen LogP contribution in [0, 0.1) is 0 Å². The highest BCUT2D eigenvalue weighted by molar-refractivity contribution is 5.93. The molecule has 0 aromatic carbocycles. The van der Waals surface area contributed by atoms with Gasteiger partial charge >= 0.3 is 0 Å². The molecule has 18 heavy (non-hydrogen) atoms. The lowest BCUT2D eigenvalue weighted by Crippen LogP contribution is -2.33. The standard InChI is InChI=1S/C13H21N3O2/c1-2-8-16-9-7-15-13(16)12(17)10-18-11-3-5-14-6-4-11/h7,9,11,14H,2-6,8,10H2,1H3. The molecule has 1 aliphatic rings. The van der Waals surface area contributed by atoms with Crippen molar-refractivity contribution in [3.63, 3.8) is 0 Å². The second-order valence-electron chi connectivity index (χ2n) is 4.63. The Morgan fingerprint density at radius 3 is 3.06 bits per heavy atom. The summed E-state index contributed by atoms with van der Waals surface area (Å²) in [5, 5.41) is 3.27. The molecule has 0 unspecified atom stereocenters. The van der Waals surface area contributed by atoms with Gasteiger partial charge in [-0.2, -0.15) is 0 Å². The largest absolute Gasteiger partial charge is 0.370 e. The molecule has 1 aromatic rings. The van der Waals surface area contributed by atoms with Crippen molar-refractivity contribution < 1.29 is 9.53 Å². The number of nitrogens with one attached hydrogen (secondary N) is 1. The molecule has 0 spiro atoms. The van der Waals surface area contributed by atoms with E-state index in [0.29, 0.717) is 5.82 Å². The van der Waals surface area contributed by atoms with Crippen LogP contribution in [0.4, 0.5) is 0 Å². The summed E-state index contributed by atoms with van der Waals surface area (Å²) >= 11 is 0. The molecule has 0 radical (unpaired) electrons. The second kappa shape index (κ2) is 6.66. The van der Waals surface area contributed by atoms with Crippen molar-refractivity contribution in [2.24, 2.45) is 0 Å². The van der Waals surface area contributed by atoms with E-state index in [4.69, 9.17) is 4.74 Å². The molecule has 1 fully saturated rings. The van der Waals surface area contributed by atoms with Crippen molar-refractivity contribution >= 4 is 5.78 Å². The van der Waals surface area contributed by atoms with Crippen molar-refractivity contribution in [2.75, 3.05) is 19.7 Å². The minimum Gasteiger partial charge on any atom is -0.370 e. The van der Waals surface area contributed by atoms with E-state index in [2.05, 4.69) is 17.2 Å². The van der Waals surface area contributed by atoms with Crippen LogP contribution in [-0.4, -0.2) is 41.1 Å². The van der Waals surface area contributed by atoms with Gasteiger partial charge < -0.3 is 14.6 Å². The van der Waals surface area contributed by atoms with Gasteiger partial charge in [-0.25, -0.2) is 4.98 Å². The van der Waals surface area contributed by atoms with E-state index in [1.165, 1.54) is 0 Å². The first-order valence-electron chi connectivity index (χ1n) is 6.68. The highest BCUT2D eigenvalue weighted by atomic mass is 16.5. The maximum atomic E-state index is 12.0. The fourth-order valence-electron chi connectivity index (χ4n) is 2.20. The van der Waals surface area contributed by atoms with Gasteiger partial charge in [0.15, 0.2) is 5.82 Å². The van der Waals surface area contributed by atoms with E-state index in [1.54, 1.807) is 6.20 Å². The normalized spacial score (nSPS) is 16.9. The summed E-state index contributed by atoms with van der Waals surface area (Å²) in [6.45, 7) is 5.01. The molecule has 0 atom stereocenters. The smallest absolute Gasteiger partial charge is 0.223 e. The molecule has 5 nitrogen and oxygen atoms in total. The number of ketones is 1. The Balaban J connectivity index is 1.84. The topological polar surface area (TPSA) is 56.2 Å². The molecule has 1 N–H and O–H groups in total. The van der Waals surface area contributed by atoms with E-state index in [0.717, 1.165) is 38.9 Å². The van der Waals surface area contributed by atoms with Gasteiger partial charge in [-0.3, -0.25) is 4.79 Å². The van der Waals surface area contributed by atoms with Gasteiger partial charge in [-0.1, -0.05) is 6.92 Å². The van der Waals surface area contributed by atoms with Crippen LogP contribution in [0.5, 0.6) is 0 Å². The lowest BCUT2D eigenvalue weighted by atomic mass is 10.1. The van der Waals surface area contributed by atoms with Gasteiger partial charge in [-0.15, -0.1) is 0 Å². The first-order chi connectivity index (χ1) is 8.81. The number of nitrogens with zero attached hydrogens (tertiary/aromatic N) is 2. The van der Waals surface area contributed by atoms with Crippen LogP contribution in [-0.2, 0) is 11.3 Å². The number of carbonyl (C=O) groups is 1. The van der Waals surface area contributed by atoms with Gasteiger partial charge in [0.2, 0.25) is 5.78 Å². The number of hydrogen-bond donors (Lipinski definition) is 1. The van der Waals surface area contributed by atoms with Crippen molar-refractivity contribution in [1.29, 1.82) is 0 Å². The number of carbonyl (C=O) groups excluding carboxylic acids is 1. The second-order valence-corrected chi connectivity index (χ2v) is 4.63. The molecule has 1 saturated heterocycles. The average molecular weight is 251 g/mol. The van der Waals surface area contributed by atoms with Gasteiger partial charge in [0, 0.05) is 18.9 Å². The van der Waals surface area contributed by atoms with E-state index in [1.807, 2.05) is 10.8 Å². The maximum absolute atomic E-state index is 12.0. The van der Waals surface area contributed by atoms with Crippen LogP contribution in [0.25, 0.3) is 0 Å². The minimum absolute atomic E-state index is 0.0213. The summed E-state index contributed by atoms with van der Waals surface area (Å²) in [5.41, 5.74) is 0. The molecule has 0 bridgehead atoms. The molecule has 0 amide bonds. The third kappa shape index (κ3) is 3.40. The number of aryl methyl sites for hydroxylation is 1. The van der Waals surface area contributed by atoms with Gasteiger partial charge in [0.1, 0.15) is 6.61 Å². The summed E-state index contributed by atoms with van der Waals surface area (Å²) in [4.78, 5) is 16.1. The van der Waals surface area contributed by atoms with Crippen LogP contribution in [0.15, 0.2) is 12.4 Å². The van der Waals surface area contributed by atoms with E-state index in [-0.39, 0.29) is 18.5 Å². The van der Waals surface area contributed by atoms with Crippen LogP contribution >= 0.6 is 0 Å². The average Bonchev–Trinajstić information content (AvgIpc) is 2.86. The number of Topliss-reactive ketones (excluding diaryl/α,β-unsaturated/α-hetero) is 1. The predicted molar refractivity (Wildman–Crippen MR) is 68.7 cm³/mol. The Labute approximate surface area is 108 Å². The molecule has 1 aliphatic heterocycles. The van der Waals surface area contributed by atoms with Gasteiger partial charge in [0.05, 0.1) is 6.10 Å². The summed E-state index contributed by atoms with van der Waals surface area (Å²) in [6.07, 6.45) is 6.69. The number of ether oxygens (including phenoxy) is 1. The third-order valence-electron chi connectivity index (χ3n) is 3.17. The SMILES string of the molecule is CCCn1ccnc1C(=O)COC1CCNCC1. The third-order valence-corrected chi connectivity index (χ3v) is 3.17. The highest BCUT2D eigenvalue weighted by Crippen LogP contribution is 2.08. The number of aromatic nitrogens is 2. The first-order valence-corrected chi connectivity index (χ1v) is 6.68. The number of imidazole rings is 1. The molecular formula is C13H21N3O2. The number of rotatable bonds is 6. The van der Waals surface area contributed by atoms with Crippen LogP contribution in [0.2, 0.25) is 0 Å². The van der Waals surface area contributed by atoms with Crippen molar-refractivity contribution in [2.45, 2.75) is 38.8 Å². The molecular weight excluding hydrogens is 230 g/mol. The van der Waals surface area contributed by atoms with Gasteiger partial charge in [0.25, 0.3) is 0 Å². The number of hydrogen-bond acceptors (Lipinski definition) is 4. The predicted octanol–water partition coefficient (Wildman–Crippen LogP) is 1.24. The molecule has 2 heterocycles. The number of piperidine rings is 1. The monoisotopic (exact) mass is 251 g/mol. The molecule has 100 valence electrons. The van der Waals surface area contributed by atoms with Crippen LogP contribution < -0.4 is 5.32 Å². The molecule has 1 aromatic heterocycles. The lowest BCUT2D eigenvalue weighted by Gasteiger charge is -2.22. The zero-order chi connectivity index (χ0) is 12.8. The molecule has 5 heteroatoms. The summed E-state index contributed by atoms with van der Waals surface area (Å²) in [6, 6.07) is 0. The Bertz CT molecular complexity index is 383. The van der Waals surface area contributed by atoms with Crippen molar-refractivity contribution in [3.8, 4) is 0 Å².